The quantitative estimate of drug-likeness (QED) is 0.0805. The lowest BCUT2D eigenvalue weighted by Gasteiger charge is -2.25. The fraction of sp³-hybridized carbons (Fsp3) is 0.446. The van der Waals surface area contributed by atoms with E-state index in [2.05, 4.69) is 21.8 Å². The molecule has 3 aromatic heterocycles. The minimum Gasteiger partial charge on any atom is -0.318 e. The number of alkyl halides is 6. The predicted molar refractivity (Wildman–Crippen MR) is 302 cm³/mol. The highest BCUT2D eigenvalue weighted by Gasteiger charge is 2.57. The molecule has 6 bridgehead atoms. The van der Waals surface area contributed by atoms with E-state index in [1.54, 1.807) is 102 Å². The van der Waals surface area contributed by atoms with Gasteiger partial charge in [0, 0.05) is 81.7 Å². The number of hydrogen-bond donors (Lipinski definition) is 0. The molecule has 6 aliphatic heterocycles. The summed E-state index contributed by atoms with van der Waals surface area (Å²) in [6.45, 7) is 10.6. The number of nitriles is 3. The van der Waals surface area contributed by atoms with Crippen molar-refractivity contribution in [3.63, 3.8) is 0 Å². The zero-order valence-electron chi connectivity index (χ0n) is 48.5. The maximum absolute atomic E-state index is 15.0. The number of Topliss-reactive ketones (excluding diaryl/α,β-unsaturated/α-hetero) is 3. The van der Waals surface area contributed by atoms with E-state index in [9.17, 15) is 45.1 Å². The van der Waals surface area contributed by atoms with Gasteiger partial charge in [0.25, 0.3) is 0 Å². The molecule has 6 saturated heterocycles. The third-order valence-corrected chi connectivity index (χ3v) is 18.8. The maximum atomic E-state index is 15.0. The maximum Gasteiger partial charge on any atom is 0.522 e. The Labute approximate surface area is 493 Å². The van der Waals surface area contributed by atoms with E-state index in [4.69, 9.17) is 15.8 Å². The van der Waals surface area contributed by atoms with Gasteiger partial charge >= 0.3 is 12.5 Å². The summed E-state index contributed by atoms with van der Waals surface area (Å²) in [6.07, 6.45) is -2.44. The van der Waals surface area contributed by atoms with Gasteiger partial charge in [-0.1, -0.05) is 0 Å². The lowest BCUT2D eigenvalue weighted by molar-refractivity contribution is -0.345. The summed E-state index contributed by atoms with van der Waals surface area (Å²) in [5.74, 6) is -3.23. The fourth-order valence-electron chi connectivity index (χ4n) is 14.8. The molecule has 0 spiro atoms. The summed E-state index contributed by atoms with van der Waals surface area (Å²) in [5, 5.41) is 26.9. The first-order valence-electron chi connectivity index (χ1n) is 29.0. The molecule has 6 aliphatic rings. The molecule has 21 heteroatoms. The van der Waals surface area contributed by atoms with E-state index in [1.165, 1.54) is 0 Å². The molecule has 3 aromatic carbocycles. The van der Waals surface area contributed by atoms with Crippen molar-refractivity contribution < 1.29 is 54.2 Å². The second-order valence-electron chi connectivity index (χ2n) is 23.6. The molecule has 0 saturated carbocycles. The number of nitrogens with zero attached hydrogens (tertiary/aromatic N) is 9. The number of carbonyl (C=O) groups is 3. The Morgan fingerprint density at radius 3 is 1.29 bits per heavy atom. The van der Waals surface area contributed by atoms with Crippen LogP contribution in [0.1, 0.15) is 146 Å². The molecule has 0 N–H and O–H groups in total. The number of hydrogen-bond acceptors (Lipinski definition) is 10. The van der Waals surface area contributed by atoms with E-state index in [-0.39, 0.29) is 66.0 Å². The van der Waals surface area contributed by atoms with Gasteiger partial charge in [-0.25, -0.2) is 8.78 Å². The van der Waals surface area contributed by atoms with Crippen LogP contribution in [-0.4, -0.2) is 120 Å². The van der Waals surface area contributed by atoms with Gasteiger partial charge in [-0.05, 0) is 185 Å². The van der Waals surface area contributed by atoms with Crippen molar-refractivity contribution in [3.05, 3.63) is 158 Å². The SMILES string of the molecule is Cc1c(F)c(C(=O)CN2C3CCC2CC3)c(C)n1-c1ccc(C#N)cc1.Cc1c(F)c(C(=O)CN2C3CCC2[C@@H](C(F)(F)F)C3)c(C)n1-c1ccc(C#N)cc1.Cc1cc(C(=O)CN2C3CCC2[C@@H](OC(F)(F)F)C3)c(C)n1-c1ccc(C#N)cc1. The summed E-state index contributed by atoms with van der Waals surface area (Å²) in [6, 6.07) is 28.2. The molecular formula is C65H65F8N9O4. The second kappa shape index (κ2) is 24.2. The molecule has 9 heterocycles. The van der Waals surface area contributed by atoms with Crippen molar-refractivity contribution in [2.45, 2.75) is 161 Å². The van der Waals surface area contributed by atoms with Gasteiger partial charge in [-0.2, -0.15) is 29.0 Å². The van der Waals surface area contributed by atoms with Gasteiger partial charge in [-0.3, -0.25) is 33.8 Å². The van der Waals surface area contributed by atoms with Crippen molar-refractivity contribution in [1.82, 2.24) is 28.4 Å². The van der Waals surface area contributed by atoms with Crippen molar-refractivity contribution in [2.75, 3.05) is 19.6 Å². The monoisotopic (exact) mass is 1190 g/mol. The third-order valence-electron chi connectivity index (χ3n) is 18.8. The Hall–Kier alpha value is -7.74. The summed E-state index contributed by atoms with van der Waals surface area (Å²) in [7, 11) is 0. The lowest BCUT2D eigenvalue weighted by atomic mass is 9.89. The smallest absolute Gasteiger partial charge is 0.318 e. The van der Waals surface area contributed by atoms with Crippen LogP contribution in [0.3, 0.4) is 0 Å². The Morgan fingerprint density at radius 2 is 0.872 bits per heavy atom. The predicted octanol–water partition coefficient (Wildman–Crippen LogP) is 12.9. The molecule has 0 amide bonds. The van der Waals surface area contributed by atoms with Crippen LogP contribution in [0.25, 0.3) is 17.1 Å². The number of aromatic nitrogens is 3. The highest BCUT2D eigenvalue weighted by molar-refractivity contribution is 6.01. The van der Waals surface area contributed by atoms with Gasteiger partial charge in [0.2, 0.25) is 0 Å². The van der Waals surface area contributed by atoms with Gasteiger partial charge in [0.15, 0.2) is 29.0 Å². The number of fused-ring (bicyclic) bond motifs is 6. The van der Waals surface area contributed by atoms with Crippen LogP contribution < -0.4 is 0 Å². The number of rotatable bonds is 13. The average Bonchev–Trinajstić information content (AvgIpc) is 2.01. The van der Waals surface area contributed by atoms with Crippen LogP contribution in [-0.2, 0) is 4.74 Å². The van der Waals surface area contributed by atoms with E-state index in [0.717, 1.165) is 54.9 Å². The van der Waals surface area contributed by atoms with Crippen molar-refractivity contribution in [1.29, 1.82) is 15.8 Å². The summed E-state index contributed by atoms with van der Waals surface area (Å²) >= 11 is 0. The first kappa shape index (κ1) is 61.4. The molecule has 6 atom stereocenters. The minimum atomic E-state index is -4.66. The first-order valence-corrected chi connectivity index (χ1v) is 29.0. The van der Waals surface area contributed by atoms with E-state index in [1.807, 2.05) is 47.6 Å². The standard InChI is InChI=1S/C22H21F4N3O.C22H22F3N3O2.C21H22FN3O/c1-12-20(21(23)13(2)29(12)15-5-3-14(10-27)4-6-15)19(30)11-28-16-7-8-18(28)17(9-16)22(24,25)26;1-13-9-18(14(2)28(13)16-5-3-15(11-26)4-6-16)20(29)12-27-17-7-8-19(27)21(10-17)30-22(23,24)25;1-13-20(19(26)12-24-16-7-8-17(24)10-9-16)21(22)14(2)25(13)18-5-3-15(11-23)4-6-18/h3-6,16-18H,7-9,11H2,1-2H3;3-6,9,17,19,21H,7-8,10,12H2,1-2H3;3-6,16-17H,7-10,12H2,1-2H3/t16?,17-,18?;17?,19?,21-;/m00./s1. The number of aryl methyl sites for hydroxylation is 1. The third kappa shape index (κ3) is 11.8. The zero-order chi connectivity index (χ0) is 61.8. The zero-order valence-corrected chi connectivity index (χ0v) is 48.5. The molecular weight excluding hydrogens is 1120 g/mol. The second-order valence-corrected chi connectivity index (χ2v) is 23.6. The summed E-state index contributed by atoms with van der Waals surface area (Å²) in [5.41, 5.74) is 7.85. The lowest BCUT2D eigenvalue weighted by Crippen LogP contribution is -2.39. The molecule has 12 rings (SSSR count). The fourth-order valence-corrected chi connectivity index (χ4v) is 14.8. The first-order chi connectivity index (χ1) is 40.8. The largest absolute Gasteiger partial charge is 0.522 e. The molecule has 0 aliphatic carbocycles. The van der Waals surface area contributed by atoms with E-state index < -0.39 is 48.0 Å². The van der Waals surface area contributed by atoms with Crippen LogP contribution in [0, 0.1) is 93.1 Å². The Kier molecular flexibility index (Phi) is 17.3. The molecule has 6 fully saturated rings. The molecule has 4 unspecified atom stereocenters. The highest BCUT2D eigenvalue weighted by atomic mass is 19.4. The number of benzene rings is 3. The highest BCUT2D eigenvalue weighted by Crippen LogP contribution is 2.49. The summed E-state index contributed by atoms with van der Waals surface area (Å²) < 4.78 is 117. The van der Waals surface area contributed by atoms with Crippen molar-refractivity contribution >= 4 is 17.3 Å². The van der Waals surface area contributed by atoms with Crippen molar-refractivity contribution in [3.8, 4) is 35.3 Å². The van der Waals surface area contributed by atoms with Crippen molar-refractivity contribution in [2.24, 2.45) is 5.92 Å². The van der Waals surface area contributed by atoms with Gasteiger partial charge in [0.05, 0.1) is 89.1 Å². The van der Waals surface area contributed by atoms with Crippen LogP contribution >= 0.6 is 0 Å². The van der Waals surface area contributed by atoms with E-state index >= 15 is 4.39 Å². The molecule has 86 heavy (non-hydrogen) atoms. The van der Waals surface area contributed by atoms with Crippen LogP contribution in [0.5, 0.6) is 0 Å². The van der Waals surface area contributed by atoms with Gasteiger partial charge in [-0.15, -0.1) is 13.2 Å². The van der Waals surface area contributed by atoms with Crippen LogP contribution in [0.2, 0.25) is 0 Å². The van der Waals surface area contributed by atoms with Gasteiger partial charge in [0.1, 0.15) is 0 Å². The van der Waals surface area contributed by atoms with Crippen LogP contribution in [0.4, 0.5) is 35.1 Å². The Balaban J connectivity index is 0.000000144. The normalized spacial score (nSPS) is 23.2. The Bertz CT molecular complexity index is 3690. The summed E-state index contributed by atoms with van der Waals surface area (Å²) in [4.78, 5) is 44.8. The number of carbonyl (C=O) groups excluding carboxylic acids is 3. The number of ether oxygens (including phenoxy) is 1. The number of ketones is 3. The van der Waals surface area contributed by atoms with Gasteiger partial charge < -0.3 is 13.7 Å². The topological polar surface area (TPSA) is 156 Å². The Morgan fingerprint density at radius 1 is 0.488 bits per heavy atom. The molecule has 6 aromatic rings. The molecule has 450 valence electrons. The molecule has 13 nitrogen and oxygen atoms in total. The van der Waals surface area contributed by atoms with Crippen LogP contribution in [0.15, 0.2) is 78.9 Å². The average molecular weight is 1190 g/mol. The number of halogens is 8. The molecule has 0 radical (unpaired) electrons. The minimum absolute atomic E-state index is 0.00813. The van der Waals surface area contributed by atoms with E-state index in [0.29, 0.717) is 89.3 Å².